The molecular formula is C13H18O3. The molecule has 0 aliphatic rings. The third-order valence-corrected chi connectivity index (χ3v) is 2.35. The maximum Gasteiger partial charge on any atom is 0.309 e. The Balaban J connectivity index is 2.84. The van der Waals surface area contributed by atoms with Gasteiger partial charge in [0.15, 0.2) is 0 Å². The number of ether oxygens (including phenoxy) is 1. The van der Waals surface area contributed by atoms with E-state index in [9.17, 15) is 9.90 Å². The standard InChI is InChI=1S/C13H18O3/c1-9(2)6-11-7-10(4-5-12(11)14)8-13(15)16-3/h4-5,7,9,14H,6,8H2,1-3H3. The van der Waals surface area contributed by atoms with Crippen molar-refractivity contribution >= 4 is 5.97 Å². The van der Waals surface area contributed by atoms with E-state index >= 15 is 0 Å². The summed E-state index contributed by atoms with van der Waals surface area (Å²) in [6.45, 7) is 4.18. The van der Waals surface area contributed by atoms with Gasteiger partial charge in [-0.05, 0) is 29.5 Å². The molecule has 0 unspecified atom stereocenters. The van der Waals surface area contributed by atoms with Crippen LogP contribution in [0.1, 0.15) is 25.0 Å². The third-order valence-electron chi connectivity index (χ3n) is 2.35. The average Bonchev–Trinajstić information content (AvgIpc) is 2.22. The van der Waals surface area contributed by atoms with E-state index in [1.807, 2.05) is 6.07 Å². The second-order valence-electron chi connectivity index (χ2n) is 4.31. The number of phenols is 1. The van der Waals surface area contributed by atoms with Gasteiger partial charge in [-0.2, -0.15) is 0 Å². The van der Waals surface area contributed by atoms with Gasteiger partial charge in [0.25, 0.3) is 0 Å². The average molecular weight is 222 g/mol. The first-order valence-corrected chi connectivity index (χ1v) is 5.40. The van der Waals surface area contributed by atoms with Crippen molar-refractivity contribution in [2.45, 2.75) is 26.7 Å². The van der Waals surface area contributed by atoms with E-state index in [1.54, 1.807) is 12.1 Å². The summed E-state index contributed by atoms with van der Waals surface area (Å²) >= 11 is 0. The minimum absolute atomic E-state index is 0.252. The van der Waals surface area contributed by atoms with Crippen LogP contribution in [-0.4, -0.2) is 18.2 Å². The highest BCUT2D eigenvalue weighted by Gasteiger charge is 2.08. The summed E-state index contributed by atoms with van der Waals surface area (Å²) in [6, 6.07) is 5.25. The molecule has 3 heteroatoms. The number of benzene rings is 1. The number of hydrogen-bond donors (Lipinski definition) is 1. The van der Waals surface area contributed by atoms with E-state index in [2.05, 4.69) is 18.6 Å². The van der Waals surface area contributed by atoms with Crippen LogP contribution >= 0.6 is 0 Å². The van der Waals surface area contributed by atoms with Crippen molar-refractivity contribution in [1.29, 1.82) is 0 Å². The molecule has 0 saturated carbocycles. The Bertz CT molecular complexity index is 369. The molecule has 0 spiro atoms. The van der Waals surface area contributed by atoms with Crippen molar-refractivity contribution in [1.82, 2.24) is 0 Å². The minimum atomic E-state index is -0.263. The summed E-state index contributed by atoms with van der Waals surface area (Å²) in [4.78, 5) is 11.1. The molecule has 0 aliphatic heterocycles. The zero-order valence-electron chi connectivity index (χ0n) is 9.99. The van der Waals surface area contributed by atoms with E-state index < -0.39 is 0 Å². The molecule has 0 aromatic heterocycles. The predicted molar refractivity (Wildman–Crippen MR) is 62.4 cm³/mol. The molecule has 0 radical (unpaired) electrons. The van der Waals surface area contributed by atoms with Gasteiger partial charge in [-0.25, -0.2) is 0 Å². The highest BCUT2D eigenvalue weighted by Crippen LogP contribution is 2.22. The second kappa shape index (κ2) is 5.54. The van der Waals surface area contributed by atoms with Crippen LogP contribution in [0.25, 0.3) is 0 Å². The lowest BCUT2D eigenvalue weighted by molar-refractivity contribution is -0.139. The molecule has 1 N–H and O–H groups in total. The fraction of sp³-hybridized carbons (Fsp3) is 0.462. The van der Waals surface area contributed by atoms with E-state index in [-0.39, 0.29) is 12.4 Å². The van der Waals surface area contributed by atoms with Gasteiger partial charge in [0, 0.05) is 0 Å². The Kier molecular flexibility index (Phi) is 4.35. The highest BCUT2D eigenvalue weighted by atomic mass is 16.5. The smallest absolute Gasteiger partial charge is 0.309 e. The van der Waals surface area contributed by atoms with Crippen LogP contribution in [0.2, 0.25) is 0 Å². The minimum Gasteiger partial charge on any atom is -0.508 e. The van der Waals surface area contributed by atoms with Gasteiger partial charge in [-0.3, -0.25) is 4.79 Å². The van der Waals surface area contributed by atoms with Crippen molar-refractivity contribution in [3.63, 3.8) is 0 Å². The first-order valence-electron chi connectivity index (χ1n) is 5.40. The normalized spacial score (nSPS) is 10.5. The Morgan fingerprint density at radius 1 is 1.44 bits per heavy atom. The molecule has 3 nitrogen and oxygen atoms in total. The number of hydrogen-bond acceptors (Lipinski definition) is 3. The monoisotopic (exact) mass is 222 g/mol. The Morgan fingerprint density at radius 2 is 2.12 bits per heavy atom. The molecule has 0 saturated heterocycles. The second-order valence-corrected chi connectivity index (χ2v) is 4.31. The number of rotatable bonds is 4. The predicted octanol–water partition coefficient (Wildman–Crippen LogP) is 2.31. The van der Waals surface area contributed by atoms with Gasteiger partial charge < -0.3 is 9.84 Å². The lowest BCUT2D eigenvalue weighted by Gasteiger charge is -2.09. The van der Waals surface area contributed by atoms with Crippen molar-refractivity contribution in [3.05, 3.63) is 29.3 Å². The number of aromatic hydroxyl groups is 1. The Hall–Kier alpha value is -1.51. The molecule has 0 aliphatic carbocycles. The number of phenolic OH excluding ortho intramolecular Hbond substituents is 1. The van der Waals surface area contributed by atoms with Crippen molar-refractivity contribution in [2.75, 3.05) is 7.11 Å². The van der Waals surface area contributed by atoms with Crippen molar-refractivity contribution in [2.24, 2.45) is 5.92 Å². The maximum absolute atomic E-state index is 11.1. The van der Waals surface area contributed by atoms with E-state index in [0.717, 1.165) is 17.5 Å². The maximum atomic E-state index is 11.1. The summed E-state index contributed by atoms with van der Waals surface area (Å²) in [5, 5.41) is 9.66. The van der Waals surface area contributed by atoms with Crippen LogP contribution < -0.4 is 0 Å². The van der Waals surface area contributed by atoms with Gasteiger partial charge in [-0.15, -0.1) is 0 Å². The zero-order valence-corrected chi connectivity index (χ0v) is 9.99. The third kappa shape index (κ3) is 3.57. The van der Waals surface area contributed by atoms with Gasteiger partial charge >= 0.3 is 5.97 Å². The van der Waals surface area contributed by atoms with E-state index in [4.69, 9.17) is 0 Å². The number of methoxy groups -OCH3 is 1. The van der Waals surface area contributed by atoms with Crippen molar-refractivity contribution in [3.8, 4) is 5.75 Å². The summed E-state index contributed by atoms with van der Waals surface area (Å²) < 4.78 is 4.60. The molecular weight excluding hydrogens is 204 g/mol. The van der Waals surface area contributed by atoms with Crippen LogP contribution in [-0.2, 0) is 22.4 Å². The van der Waals surface area contributed by atoms with Crippen LogP contribution in [0.5, 0.6) is 5.75 Å². The zero-order chi connectivity index (χ0) is 12.1. The molecule has 16 heavy (non-hydrogen) atoms. The molecule has 1 rings (SSSR count). The van der Waals surface area contributed by atoms with Gasteiger partial charge in [0.2, 0.25) is 0 Å². The molecule has 88 valence electrons. The lowest BCUT2D eigenvalue weighted by Crippen LogP contribution is -2.05. The quantitative estimate of drug-likeness (QED) is 0.795. The fourth-order valence-electron chi connectivity index (χ4n) is 1.59. The summed E-state index contributed by atoms with van der Waals surface area (Å²) in [6.07, 6.45) is 1.06. The number of carbonyl (C=O) groups excluding carboxylic acids is 1. The van der Waals surface area contributed by atoms with Crippen molar-refractivity contribution < 1.29 is 14.6 Å². The SMILES string of the molecule is COC(=O)Cc1ccc(O)c(CC(C)C)c1. The number of esters is 1. The first-order chi connectivity index (χ1) is 7.52. The van der Waals surface area contributed by atoms with E-state index in [1.165, 1.54) is 7.11 Å². The Labute approximate surface area is 96.1 Å². The molecule has 0 amide bonds. The molecule has 0 heterocycles. The van der Waals surface area contributed by atoms with Gasteiger partial charge in [0.1, 0.15) is 5.75 Å². The fourth-order valence-corrected chi connectivity index (χ4v) is 1.59. The van der Waals surface area contributed by atoms with Gasteiger partial charge in [-0.1, -0.05) is 26.0 Å². The number of carbonyl (C=O) groups is 1. The topological polar surface area (TPSA) is 46.5 Å². The van der Waals surface area contributed by atoms with Crippen LogP contribution in [0.3, 0.4) is 0 Å². The highest BCUT2D eigenvalue weighted by molar-refractivity contribution is 5.72. The molecule has 0 atom stereocenters. The molecule has 0 bridgehead atoms. The van der Waals surface area contributed by atoms with E-state index in [0.29, 0.717) is 11.7 Å². The first kappa shape index (κ1) is 12.6. The largest absolute Gasteiger partial charge is 0.508 e. The van der Waals surface area contributed by atoms with Crippen LogP contribution in [0, 0.1) is 5.92 Å². The van der Waals surface area contributed by atoms with Crippen LogP contribution in [0.15, 0.2) is 18.2 Å². The molecule has 1 aromatic carbocycles. The lowest BCUT2D eigenvalue weighted by atomic mass is 9.99. The summed E-state index contributed by atoms with van der Waals surface area (Å²) in [5.74, 6) is 0.503. The summed E-state index contributed by atoms with van der Waals surface area (Å²) in [7, 11) is 1.37. The Morgan fingerprint density at radius 3 is 2.69 bits per heavy atom. The molecule has 0 fully saturated rings. The molecule has 1 aromatic rings. The summed E-state index contributed by atoms with van der Waals surface area (Å²) in [5.41, 5.74) is 1.76. The van der Waals surface area contributed by atoms with Gasteiger partial charge in [0.05, 0.1) is 13.5 Å². The van der Waals surface area contributed by atoms with Crippen LogP contribution in [0.4, 0.5) is 0 Å².